The van der Waals surface area contributed by atoms with E-state index in [1.165, 1.54) is 6.07 Å². The van der Waals surface area contributed by atoms with Crippen LogP contribution in [0.5, 0.6) is 0 Å². The second kappa shape index (κ2) is 5.96. The number of piperidine rings is 1. The van der Waals surface area contributed by atoms with Crippen molar-refractivity contribution >= 4 is 5.91 Å². The molecule has 0 saturated carbocycles. The van der Waals surface area contributed by atoms with Crippen LogP contribution in [0.4, 0.5) is 4.39 Å². The number of rotatable bonds is 3. The van der Waals surface area contributed by atoms with E-state index >= 15 is 0 Å². The largest absolute Gasteiger partial charge is 0.352 e. The Labute approximate surface area is 107 Å². The smallest absolute Gasteiger partial charge is 0.224 e. The molecule has 0 bridgehead atoms. The minimum Gasteiger partial charge on any atom is -0.352 e. The first-order chi connectivity index (χ1) is 8.66. The van der Waals surface area contributed by atoms with Crippen LogP contribution in [0.2, 0.25) is 0 Å². The number of amides is 1. The van der Waals surface area contributed by atoms with Gasteiger partial charge in [-0.1, -0.05) is 12.1 Å². The number of nitrogens with one attached hydrogen (secondary N) is 2. The molecule has 1 fully saturated rings. The molecule has 18 heavy (non-hydrogen) atoms. The Morgan fingerprint density at radius 2 is 2.39 bits per heavy atom. The van der Waals surface area contributed by atoms with E-state index < -0.39 is 0 Å². The van der Waals surface area contributed by atoms with E-state index in [2.05, 4.69) is 10.6 Å². The molecule has 0 spiro atoms. The SMILES string of the molecule is Cc1ccc(CNC(=O)[C@H]2CCCNC2)cc1F. The molecule has 1 amide bonds. The zero-order valence-corrected chi connectivity index (χ0v) is 10.6. The van der Waals surface area contributed by atoms with Crippen molar-refractivity contribution < 1.29 is 9.18 Å². The van der Waals surface area contributed by atoms with Gasteiger partial charge in [0.2, 0.25) is 5.91 Å². The van der Waals surface area contributed by atoms with Crippen molar-refractivity contribution in [2.75, 3.05) is 13.1 Å². The van der Waals surface area contributed by atoms with Crippen LogP contribution in [0, 0.1) is 18.7 Å². The van der Waals surface area contributed by atoms with Gasteiger partial charge in [-0.25, -0.2) is 4.39 Å². The number of carbonyl (C=O) groups excluding carboxylic acids is 1. The first kappa shape index (κ1) is 13.0. The van der Waals surface area contributed by atoms with Crippen molar-refractivity contribution in [2.45, 2.75) is 26.3 Å². The highest BCUT2D eigenvalue weighted by molar-refractivity contribution is 5.78. The van der Waals surface area contributed by atoms with Gasteiger partial charge in [-0.2, -0.15) is 0 Å². The van der Waals surface area contributed by atoms with Gasteiger partial charge in [0.1, 0.15) is 5.82 Å². The summed E-state index contributed by atoms with van der Waals surface area (Å²) >= 11 is 0. The Kier molecular flexibility index (Phi) is 4.31. The van der Waals surface area contributed by atoms with Crippen LogP contribution < -0.4 is 10.6 Å². The van der Waals surface area contributed by atoms with Crippen molar-refractivity contribution in [3.8, 4) is 0 Å². The molecule has 1 aromatic rings. The molecule has 0 radical (unpaired) electrons. The molecule has 98 valence electrons. The van der Waals surface area contributed by atoms with Gasteiger partial charge in [-0.05, 0) is 43.5 Å². The summed E-state index contributed by atoms with van der Waals surface area (Å²) in [7, 11) is 0. The van der Waals surface area contributed by atoms with Gasteiger partial charge in [-0.3, -0.25) is 4.79 Å². The molecule has 0 aliphatic carbocycles. The fourth-order valence-electron chi connectivity index (χ4n) is 2.16. The summed E-state index contributed by atoms with van der Waals surface area (Å²) in [5.41, 5.74) is 1.43. The van der Waals surface area contributed by atoms with Crippen LogP contribution in [0.1, 0.15) is 24.0 Å². The predicted molar refractivity (Wildman–Crippen MR) is 68.6 cm³/mol. The zero-order chi connectivity index (χ0) is 13.0. The van der Waals surface area contributed by atoms with Gasteiger partial charge in [-0.15, -0.1) is 0 Å². The van der Waals surface area contributed by atoms with E-state index in [4.69, 9.17) is 0 Å². The summed E-state index contributed by atoms with van der Waals surface area (Å²) in [5, 5.41) is 6.08. The Balaban J connectivity index is 1.86. The molecule has 1 aromatic carbocycles. The van der Waals surface area contributed by atoms with Crippen LogP contribution in [-0.2, 0) is 11.3 Å². The molecular weight excluding hydrogens is 231 g/mol. The van der Waals surface area contributed by atoms with Crippen LogP contribution in [0.15, 0.2) is 18.2 Å². The Morgan fingerprint density at radius 1 is 1.56 bits per heavy atom. The first-order valence-corrected chi connectivity index (χ1v) is 6.40. The van der Waals surface area contributed by atoms with Crippen molar-refractivity contribution in [1.82, 2.24) is 10.6 Å². The highest BCUT2D eigenvalue weighted by Gasteiger charge is 2.20. The Hall–Kier alpha value is -1.42. The topological polar surface area (TPSA) is 41.1 Å². The number of hydrogen-bond donors (Lipinski definition) is 2. The van der Waals surface area contributed by atoms with Crippen molar-refractivity contribution in [3.63, 3.8) is 0 Å². The average molecular weight is 250 g/mol. The monoisotopic (exact) mass is 250 g/mol. The summed E-state index contributed by atoms with van der Waals surface area (Å²) in [6.45, 7) is 3.86. The summed E-state index contributed by atoms with van der Waals surface area (Å²) in [6.07, 6.45) is 1.97. The summed E-state index contributed by atoms with van der Waals surface area (Å²) in [4.78, 5) is 11.9. The van der Waals surface area contributed by atoms with Crippen molar-refractivity contribution in [2.24, 2.45) is 5.92 Å². The number of halogens is 1. The van der Waals surface area contributed by atoms with Crippen molar-refractivity contribution in [3.05, 3.63) is 35.1 Å². The van der Waals surface area contributed by atoms with Gasteiger partial charge in [0.15, 0.2) is 0 Å². The highest BCUT2D eigenvalue weighted by Crippen LogP contribution is 2.11. The van der Waals surface area contributed by atoms with Crippen LogP contribution in [0.25, 0.3) is 0 Å². The molecule has 0 aromatic heterocycles. The van der Waals surface area contributed by atoms with Gasteiger partial charge < -0.3 is 10.6 Å². The Bertz CT molecular complexity index is 428. The van der Waals surface area contributed by atoms with Gasteiger partial charge in [0, 0.05) is 13.1 Å². The molecule has 1 atom stereocenters. The number of hydrogen-bond acceptors (Lipinski definition) is 2. The minimum atomic E-state index is -0.221. The number of carbonyl (C=O) groups is 1. The quantitative estimate of drug-likeness (QED) is 0.858. The lowest BCUT2D eigenvalue weighted by Gasteiger charge is -2.21. The molecule has 1 aliphatic rings. The van der Waals surface area contributed by atoms with E-state index in [0.717, 1.165) is 31.5 Å². The van der Waals surface area contributed by atoms with Crippen LogP contribution >= 0.6 is 0 Å². The van der Waals surface area contributed by atoms with Gasteiger partial charge in [0.25, 0.3) is 0 Å². The summed E-state index contributed by atoms with van der Waals surface area (Å²) in [5.74, 6) is -0.113. The van der Waals surface area contributed by atoms with Crippen molar-refractivity contribution in [1.29, 1.82) is 0 Å². The average Bonchev–Trinajstić information content (AvgIpc) is 2.41. The fourth-order valence-corrected chi connectivity index (χ4v) is 2.16. The summed E-state index contributed by atoms with van der Waals surface area (Å²) in [6, 6.07) is 5.06. The molecular formula is C14H19FN2O. The van der Waals surface area contributed by atoms with Gasteiger partial charge in [0.05, 0.1) is 5.92 Å². The molecule has 2 N–H and O–H groups in total. The first-order valence-electron chi connectivity index (χ1n) is 6.40. The standard InChI is InChI=1S/C14H19FN2O/c1-10-4-5-11(7-13(10)15)8-17-14(18)12-3-2-6-16-9-12/h4-5,7,12,16H,2-3,6,8-9H2,1H3,(H,17,18)/t12-/m0/s1. The van der Waals surface area contributed by atoms with Crippen LogP contribution in [0.3, 0.4) is 0 Å². The second-order valence-corrected chi connectivity index (χ2v) is 4.84. The maximum absolute atomic E-state index is 13.3. The number of aryl methyl sites for hydroxylation is 1. The maximum atomic E-state index is 13.3. The molecule has 1 aliphatic heterocycles. The lowest BCUT2D eigenvalue weighted by atomic mass is 9.99. The lowest BCUT2D eigenvalue weighted by molar-refractivity contribution is -0.125. The normalized spacial score (nSPS) is 19.6. The molecule has 3 nitrogen and oxygen atoms in total. The second-order valence-electron chi connectivity index (χ2n) is 4.84. The minimum absolute atomic E-state index is 0.0500. The fraction of sp³-hybridized carbons (Fsp3) is 0.500. The molecule has 0 unspecified atom stereocenters. The third-order valence-electron chi connectivity index (χ3n) is 3.37. The predicted octanol–water partition coefficient (Wildman–Crippen LogP) is 1.75. The van der Waals surface area contributed by atoms with E-state index in [1.54, 1.807) is 13.0 Å². The number of benzene rings is 1. The van der Waals surface area contributed by atoms with E-state index in [-0.39, 0.29) is 17.6 Å². The molecule has 4 heteroatoms. The van der Waals surface area contributed by atoms with Gasteiger partial charge >= 0.3 is 0 Å². The lowest BCUT2D eigenvalue weighted by Crippen LogP contribution is -2.40. The van der Waals surface area contributed by atoms with Crippen LogP contribution in [-0.4, -0.2) is 19.0 Å². The van der Waals surface area contributed by atoms with E-state index in [9.17, 15) is 9.18 Å². The van der Waals surface area contributed by atoms with E-state index in [1.807, 2.05) is 6.07 Å². The summed E-state index contributed by atoms with van der Waals surface area (Å²) < 4.78 is 13.3. The third-order valence-corrected chi connectivity index (χ3v) is 3.37. The maximum Gasteiger partial charge on any atom is 0.224 e. The highest BCUT2D eigenvalue weighted by atomic mass is 19.1. The molecule has 1 saturated heterocycles. The zero-order valence-electron chi connectivity index (χ0n) is 10.6. The molecule has 2 rings (SSSR count). The third kappa shape index (κ3) is 3.29. The van der Waals surface area contributed by atoms with E-state index in [0.29, 0.717) is 12.1 Å². The Morgan fingerprint density at radius 3 is 3.06 bits per heavy atom. The molecule has 1 heterocycles.